The first-order valence-electron chi connectivity index (χ1n) is 10.7. The molecule has 172 valence electrons. The summed E-state index contributed by atoms with van der Waals surface area (Å²) in [5.41, 5.74) is 0.772. The fourth-order valence-corrected chi connectivity index (χ4v) is 5.13. The maximum absolute atomic E-state index is 12.8. The molecule has 2 fully saturated rings. The Hall–Kier alpha value is -2.70. The summed E-state index contributed by atoms with van der Waals surface area (Å²) in [6.07, 6.45) is 2.38. The minimum atomic E-state index is -0.667. The van der Waals surface area contributed by atoms with Crippen LogP contribution >= 0.6 is 23.2 Å². The van der Waals surface area contributed by atoms with Crippen LogP contribution in [-0.4, -0.2) is 36.7 Å². The zero-order chi connectivity index (χ0) is 23.5. The molecule has 0 radical (unpaired) electrons. The Kier molecular flexibility index (Phi) is 7.15. The summed E-state index contributed by atoms with van der Waals surface area (Å²) >= 11 is 11.7. The van der Waals surface area contributed by atoms with Crippen molar-refractivity contribution in [2.75, 3.05) is 13.2 Å². The Morgan fingerprint density at radius 3 is 1.39 bits per heavy atom. The van der Waals surface area contributed by atoms with Crippen LogP contribution in [-0.2, 0) is 19.1 Å². The second-order valence-corrected chi connectivity index (χ2v) is 9.33. The minimum Gasteiger partial charge on any atom is -0.457 e. The molecular weight excluding hydrogens is 467 g/mol. The van der Waals surface area contributed by atoms with Crippen LogP contribution in [0.1, 0.15) is 40.0 Å². The number of ether oxygens (including phenoxy) is 2. The smallest absolute Gasteiger partial charge is 0.310 e. The van der Waals surface area contributed by atoms with Crippen molar-refractivity contribution in [3.63, 3.8) is 0 Å². The molecule has 0 amide bonds. The lowest BCUT2D eigenvalue weighted by atomic mass is 9.79. The van der Waals surface area contributed by atoms with E-state index in [1.54, 1.807) is 48.5 Å². The number of benzene rings is 2. The molecule has 4 unspecified atom stereocenters. The molecule has 6 nitrogen and oxygen atoms in total. The molecule has 2 bridgehead atoms. The average Bonchev–Trinajstić information content (AvgIpc) is 3.43. The van der Waals surface area contributed by atoms with Gasteiger partial charge in [0.1, 0.15) is 0 Å². The second-order valence-electron chi connectivity index (χ2n) is 8.46. The van der Waals surface area contributed by atoms with Gasteiger partial charge in [0.05, 0.1) is 11.8 Å². The van der Waals surface area contributed by atoms with Crippen molar-refractivity contribution in [1.82, 2.24) is 0 Å². The molecule has 2 saturated carbocycles. The van der Waals surface area contributed by atoms with Crippen LogP contribution in [0.25, 0.3) is 0 Å². The van der Waals surface area contributed by atoms with Gasteiger partial charge < -0.3 is 9.47 Å². The molecule has 2 aromatic carbocycles. The van der Waals surface area contributed by atoms with E-state index in [1.165, 1.54) is 0 Å². The first-order valence-corrected chi connectivity index (χ1v) is 11.5. The summed E-state index contributed by atoms with van der Waals surface area (Å²) in [5.74, 6) is -3.16. The standard InChI is InChI=1S/C25H22Cl2O6/c26-18-7-3-14(4-8-18)20(28)12-32-24(30)22-16-1-2-17(11-16)23(22)25(31)33-13-21(29)15-5-9-19(27)10-6-15/h3-10,16-17,22-23H,1-2,11-13H2. The van der Waals surface area contributed by atoms with Crippen molar-refractivity contribution in [3.05, 3.63) is 69.7 Å². The van der Waals surface area contributed by atoms with Gasteiger partial charge in [-0.15, -0.1) is 0 Å². The van der Waals surface area contributed by atoms with Crippen LogP contribution < -0.4 is 0 Å². The third kappa shape index (κ3) is 5.28. The Morgan fingerprint density at radius 1 is 0.667 bits per heavy atom. The molecule has 0 aromatic heterocycles. The van der Waals surface area contributed by atoms with Crippen LogP contribution in [0.5, 0.6) is 0 Å². The summed E-state index contributed by atoms with van der Waals surface area (Å²) in [6.45, 7) is -0.823. The molecule has 4 rings (SSSR count). The minimum absolute atomic E-state index is 0.0117. The third-order valence-electron chi connectivity index (χ3n) is 6.48. The summed E-state index contributed by atoms with van der Waals surface area (Å²) in [7, 11) is 0. The van der Waals surface area contributed by atoms with E-state index >= 15 is 0 Å². The molecule has 0 aliphatic heterocycles. The number of hydrogen-bond acceptors (Lipinski definition) is 6. The fourth-order valence-electron chi connectivity index (χ4n) is 4.87. The Morgan fingerprint density at radius 2 is 1.03 bits per heavy atom. The molecule has 2 aliphatic rings. The zero-order valence-corrected chi connectivity index (χ0v) is 19.2. The van der Waals surface area contributed by atoms with Crippen LogP contribution in [0.4, 0.5) is 0 Å². The van der Waals surface area contributed by atoms with Crippen molar-refractivity contribution < 1.29 is 28.7 Å². The van der Waals surface area contributed by atoms with Gasteiger partial charge in [0.25, 0.3) is 0 Å². The highest BCUT2D eigenvalue weighted by molar-refractivity contribution is 6.31. The van der Waals surface area contributed by atoms with Gasteiger partial charge in [-0.3, -0.25) is 19.2 Å². The van der Waals surface area contributed by atoms with E-state index in [0.717, 1.165) is 19.3 Å². The lowest BCUT2D eigenvalue weighted by molar-refractivity contribution is -0.162. The molecule has 8 heteroatoms. The summed E-state index contributed by atoms with van der Waals surface area (Å²) in [5, 5.41) is 1.00. The van der Waals surface area contributed by atoms with Gasteiger partial charge in [-0.2, -0.15) is 0 Å². The van der Waals surface area contributed by atoms with E-state index in [9.17, 15) is 19.2 Å². The van der Waals surface area contributed by atoms with E-state index in [1.807, 2.05) is 0 Å². The molecule has 33 heavy (non-hydrogen) atoms. The van der Waals surface area contributed by atoms with E-state index in [-0.39, 0.29) is 23.4 Å². The first kappa shape index (κ1) is 23.5. The lowest BCUT2D eigenvalue weighted by Crippen LogP contribution is -2.38. The molecule has 2 aliphatic carbocycles. The van der Waals surface area contributed by atoms with Gasteiger partial charge in [-0.25, -0.2) is 0 Å². The molecule has 0 spiro atoms. The van der Waals surface area contributed by atoms with Gasteiger partial charge in [0.2, 0.25) is 0 Å². The number of fused-ring (bicyclic) bond motifs is 2. The maximum Gasteiger partial charge on any atom is 0.310 e. The number of halogens is 2. The molecule has 0 heterocycles. The van der Waals surface area contributed by atoms with Crippen LogP contribution in [0.15, 0.2) is 48.5 Å². The number of hydrogen-bond donors (Lipinski definition) is 0. The number of carbonyl (C=O) groups is 4. The van der Waals surface area contributed by atoms with Crippen molar-refractivity contribution in [2.45, 2.75) is 19.3 Å². The van der Waals surface area contributed by atoms with E-state index < -0.39 is 37.0 Å². The molecular formula is C25H22Cl2O6. The predicted molar refractivity (Wildman–Crippen MR) is 121 cm³/mol. The fraction of sp³-hybridized carbons (Fsp3) is 0.360. The van der Waals surface area contributed by atoms with Crippen LogP contribution in [0.2, 0.25) is 10.0 Å². The number of ketones is 2. The molecule has 0 saturated heterocycles. The van der Waals surface area contributed by atoms with Crippen LogP contribution in [0.3, 0.4) is 0 Å². The third-order valence-corrected chi connectivity index (χ3v) is 6.99. The van der Waals surface area contributed by atoms with Crippen molar-refractivity contribution >= 4 is 46.7 Å². The monoisotopic (exact) mass is 488 g/mol. The Balaban J connectivity index is 1.35. The normalized spacial score (nSPS) is 23.2. The van der Waals surface area contributed by atoms with E-state index in [0.29, 0.717) is 21.2 Å². The summed E-state index contributed by atoms with van der Waals surface area (Å²) in [4.78, 5) is 50.3. The largest absolute Gasteiger partial charge is 0.457 e. The molecule has 4 atom stereocenters. The Bertz CT molecular complexity index is 978. The summed E-state index contributed by atoms with van der Waals surface area (Å²) < 4.78 is 10.6. The van der Waals surface area contributed by atoms with Gasteiger partial charge in [-0.1, -0.05) is 23.2 Å². The second kappa shape index (κ2) is 10.1. The predicted octanol–water partition coefficient (Wildman–Crippen LogP) is 4.81. The van der Waals surface area contributed by atoms with Crippen molar-refractivity contribution in [1.29, 1.82) is 0 Å². The average molecular weight is 489 g/mol. The van der Waals surface area contributed by atoms with E-state index in [4.69, 9.17) is 32.7 Å². The SMILES string of the molecule is O=C(COC(=O)C1C2CCC(C2)C1C(=O)OCC(=O)c1ccc(Cl)cc1)c1ccc(Cl)cc1. The number of esters is 2. The Labute approximate surface area is 201 Å². The highest BCUT2D eigenvalue weighted by Crippen LogP contribution is 2.53. The summed E-state index contributed by atoms with van der Waals surface area (Å²) in [6, 6.07) is 12.6. The lowest BCUT2D eigenvalue weighted by Gasteiger charge is -2.27. The van der Waals surface area contributed by atoms with Crippen molar-refractivity contribution in [3.8, 4) is 0 Å². The molecule has 2 aromatic rings. The number of rotatable bonds is 8. The maximum atomic E-state index is 12.8. The van der Waals surface area contributed by atoms with E-state index in [2.05, 4.69) is 0 Å². The van der Waals surface area contributed by atoms with Gasteiger partial charge >= 0.3 is 11.9 Å². The van der Waals surface area contributed by atoms with Gasteiger partial charge in [-0.05, 0) is 79.6 Å². The topological polar surface area (TPSA) is 86.7 Å². The highest BCUT2D eigenvalue weighted by atomic mass is 35.5. The number of Topliss-reactive ketones (excluding diaryl/α,β-unsaturated/α-hetero) is 2. The quantitative estimate of drug-likeness (QED) is 0.391. The zero-order valence-electron chi connectivity index (χ0n) is 17.7. The van der Waals surface area contributed by atoms with Gasteiger partial charge in [0, 0.05) is 21.2 Å². The van der Waals surface area contributed by atoms with Crippen molar-refractivity contribution in [2.24, 2.45) is 23.7 Å². The highest BCUT2D eigenvalue weighted by Gasteiger charge is 2.55. The van der Waals surface area contributed by atoms with Gasteiger partial charge in [0.15, 0.2) is 24.8 Å². The number of carbonyl (C=O) groups excluding carboxylic acids is 4. The van der Waals surface area contributed by atoms with Crippen LogP contribution in [0, 0.1) is 23.7 Å². The molecule has 0 N–H and O–H groups in total. The first-order chi connectivity index (χ1) is 15.8.